The zero-order valence-corrected chi connectivity index (χ0v) is 21.8. The number of hydrogen-bond acceptors (Lipinski definition) is 4. The Morgan fingerprint density at radius 3 is 2.49 bits per heavy atom. The van der Waals surface area contributed by atoms with E-state index in [9.17, 15) is 9.59 Å². The first kappa shape index (κ1) is 25.2. The number of fused-ring (bicyclic) bond motifs is 1. The molecule has 2 aromatic heterocycles. The zero-order valence-electron chi connectivity index (χ0n) is 21.8. The van der Waals surface area contributed by atoms with E-state index in [4.69, 9.17) is 0 Å². The molecule has 0 spiro atoms. The Morgan fingerprint density at radius 1 is 1.00 bits per heavy atom. The number of anilines is 1. The zero-order chi connectivity index (χ0) is 25.8. The quantitative estimate of drug-likeness (QED) is 0.418. The lowest BCUT2D eigenvalue weighted by molar-refractivity contribution is -0.119. The van der Waals surface area contributed by atoms with Gasteiger partial charge in [-0.15, -0.1) is 0 Å². The Balaban J connectivity index is 1.34. The first-order valence-electron chi connectivity index (χ1n) is 13.5. The van der Waals surface area contributed by atoms with E-state index in [0.717, 1.165) is 73.5 Å². The molecule has 1 aliphatic heterocycles. The maximum atomic E-state index is 13.6. The van der Waals surface area contributed by atoms with Crippen molar-refractivity contribution in [2.24, 2.45) is 5.92 Å². The second-order valence-corrected chi connectivity index (χ2v) is 10.4. The van der Waals surface area contributed by atoms with Crippen LogP contribution in [0.4, 0.5) is 5.69 Å². The van der Waals surface area contributed by atoms with Crippen molar-refractivity contribution in [3.05, 3.63) is 71.3 Å². The van der Waals surface area contributed by atoms with Gasteiger partial charge in [0.25, 0.3) is 5.91 Å². The first-order valence-corrected chi connectivity index (χ1v) is 13.5. The number of pyridine rings is 1. The average Bonchev–Trinajstić information content (AvgIpc) is 3.15. The number of aryl methyl sites for hydroxylation is 2. The van der Waals surface area contributed by atoms with Gasteiger partial charge < -0.3 is 20.5 Å². The van der Waals surface area contributed by atoms with Crippen molar-refractivity contribution in [2.75, 3.05) is 11.9 Å². The number of nitrogens with zero attached hydrogens (tertiary/aromatic N) is 2. The highest BCUT2D eigenvalue weighted by Crippen LogP contribution is 2.29. The van der Waals surface area contributed by atoms with Crippen LogP contribution in [0.2, 0.25) is 0 Å². The van der Waals surface area contributed by atoms with Gasteiger partial charge in [0.05, 0.1) is 0 Å². The van der Waals surface area contributed by atoms with Crippen LogP contribution in [-0.2, 0) is 17.9 Å². The Morgan fingerprint density at radius 2 is 1.76 bits per heavy atom. The van der Waals surface area contributed by atoms with Crippen molar-refractivity contribution in [1.82, 2.24) is 20.2 Å². The number of benzene rings is 1. The van der Waals surface area contributed by atoms with Crippen LogP contribution in [0.5, 0.6) is 0 Å². The Bertz CT molecular complexity index is 1240. The van der Waals surface area contributed by atoms with Crippen LogP contribution in [-0.4, -0.2) is 34.0 Å². The van der Waals surface area contributed by atoms with Crippen molar-refractivity contribution in [3.63, 3.8) is 0 Å². The molecule has 0 bridgehead atoms. The summed E-state index contributed by atoms with van der Waals surface area (Å²) in [7, 11) is 0. The molecule has 0 unspecified atom stereocenters. The highest BCUT2D eigenvalue weighted by Gasteiger charge is 2.32. The summed E-state index contributed by atoms with van der Waals surface area (Å²) in [6.45, 7) is 6.44. The predicted molar refractivity (Wildman–Crippen MR) is 146 cm³/mol. The van der Waals surface area contributed by atoms with Crippen LogP contribution in [0.25, 0.3) is 11.1 Å². The number of nitrogens with one attached hydrogen (secondary N) is 3. The van der Waals surface area contributed by atoms with E-state index < -0.39 is 6.04 Å². The lowest BCUT2D eigenvalue weighted by atomic mass is 9.91. The summed E-state index contributed by atoms with van der Waals surface area (Å²) in [5.41, 5.74) is 6.81. The van der Waals surface area contributed by atoms with Crippen molar-refractivity contribution < 1.29 is 9.59 Å². The van der Waals surface area contributed by atoms with Crippen LogP contribution in [0.1, 0.15) is 66.0 Å². The molecule has 3 heterocycles. The molecule has 1 atom stereocenters. The van der Waals surface area contributed by atoms with Gasteiger partial charge in [-0.25, -0.2) is 0 Å². The SMILES string of the molecule is Cc1ccnc(C)c1-c1ccc(NC(=O)[C@@H](NC(=O)c2ccc3n2CCNC3)C2CCCCCC2)cc1. The van der Waals surface area contributed by atoms with Crippen LogP contribution in [0.3, 0.4) is 0 Å². The fraction of sp³-hybridized carbons (Fsp3) is 0.433. The van der Waals surface area contributed by atoms with Gasteiger partial charge in [-0.05, 0) is 74.1 Å². The number of hydrogen-bond donors (Lipinski definition) is 3. The molecule has 0 radical (unpaired) electrons. The van der Waals surface area contributed by atoms with Crippen molar-refractivity contribution in [3.8, 4) is 11.1 Å². The van der Waals surface area contributed by atoms with Gasteiger partial charge in [0.1, 0.15) is 11.7 Å². The second kappa shape index (κ2) is 11.3. The van der Waals surface area contributed by atoms with Gasteiger partial charge in [-0.3, -0.25) is 14.6 Å². The normalized spacial score (nSPS) is 16.9. The molecule has 5 rings (SSSR count). The molecule has 1 saturated carbocycles. The standard InChI is InChI=1S/C30H37N5O2/c1-20-15-16-32-21(2)27(20)22-9-11-24(12-10-22)33-30(37)28(23-7-5-3-4-6-8-23)34-29(36)26-14-13-25-19-31-17-18-35(25)26/h9-16,23,28,31H,3-8,17-19H2,1-2H3,(H,33,37)(H,34,36)/t28-/m0/s1. The van der Waals surface area contributed by atoms with E-state index in [1.807, 2.05) is 55.6 Å². The fourth-order valence-electron chi connectivity index (χ4n) is 5.86. The maximum absolute atomic E-state index is 13.6. The second-order valence-electron chi connectivity index (χ2n) is 10.4. The summed E-state index contributed by atoms with van der Waals surface area (Å²) < 4.78 is 2.06. The molecule has 1 fully saturated rings. The van der Waals surface area contributed by atoms with Gasteiger partial charge in [0.15, 0.2) is 0 Å². The Hall–Kier alpha value is -3.45. The van der Waals surface area contributed by atoms with E-state index >= 15 is 0 Å². The molecule has 0 saturated heterocycles. The summed E-state index contributed by atoms with van der Waals surface area (Å²) in [5, 5.41) is 9.57. The largest absolute Gasteiger partial charge is 0.339 e. The molecule has 2 aliphatic rings. The summed E-state index contributed by atoms with van der Waals surface area (Å²) >= 11 is 0. The molecule has 7 heteroatoms. The van der Waals surface area contributed by atoms with Crippen molar-refractivity contribution in [1.29, 1.82) is 0 Å². The first-order chi connectivity index (χ1) is 18.0. The molecule has 1 aliphatic carbocycles. The number of carbonyl (C=O) groups excluding carboxylic acids is 2. The molecule has 37 heavy (non-hydrogen) atoms. The molecular formula is C30H37N5O2. The molecule has 194 valence electrons. The summed E-state index contributed by atoms with van der Waals surface area (Å²) in [6.07, 6.45) is 8.29. The van der Waals surface area contributed by atoms with Gasteiger partial charge in [0.2, 0.25) is 5.91 Å². The number of carbonyl (C=O) groups is 2. The van der Waals surface area contributed by atoms with E-state index in [1.54, 1.807) is 0 Å². The number of rotatable bonds is 6. The summed E-state index contributed by atoms with van der Waals surface area (Å²) in [5.74, 6) is -0.187. The molecule has 7 nitrogen and oxygen atoms in total. The van der Waals surface area contributed by atoms with Gasteiger partial charge >= 0.3 is 0 Å². The molecule has 3 aromatic rings. The predicted octanol–water partition coefficient (Wildman–Crippen LogP) is 4.98. The van der Waals surface area contributed by atoms with Gasteiger partial charge in [-0.2, -0.15) is 0 Å². The molecule has 3 N–H and O–H groups in total. The lowest BCUT2D eigenvalue weighted by Gasteiger charge is -2.27. The van der Waals surface area contributed by atoms with Crippen LogP contribution >= 0.6 is 0 Å². The average molecular weight is 500 g/mol. The Labute approximate surface area is 219 Å². The highest BCUT2D eigenvalue weighted by atomic mass is 16.2. The number of aromatic nitrogens is 2. The minimum Gasteiger partial charge on any atom is -0.339 e. The van der Waals surface area contributed by atoms with E-state index in [1.165, 1.54) is 18.4 Å². The number of amides is 2. The van der Waals surface area contributed by atoms with E-state index in [0.29, 0.717) is 5.69 Å². The summed E-state index contributed by atoms with van der Waals surface area (Å²) in [6, 6.07) is 13.2. The topological polar surface area (TPSA) is 88.1 Å². The van der Waals surface area contributed by atoms with E-state index in [-0.39, 0.29) is 17.7 Å². The smallest absolute Gasteiger partial charge is 0.268 e. The maximum Gasteiger partial charge on any atom is 0.268 e. The third kappa shape index (κ3) is 5.62. The highest BCUT2D eigenvalue weighted by molar-refractivity contribution is 6.01. The van der Waals surface area contributed by atoms with Crippen molar-refractivity contribution >= 4 is 17.5 Å². The molecule has 2 amide bonds. The van der Waals surface area contributed by atoms with Crippen molar-refractivity contribution in [2.45, 2.75) is 71.5 Å². The van der Waals surface area contributed by atoms with Crippen LogP contribution < -0.4 is 16.0 Å². The minimum absolute atomic E-state index is 0.129. The van der Waals surface area contributed by atoms with E-state index in [2.05, 4.69) is 32.4 Å². The van der Waals surface area contributed by atoms with Gasteiger partial charge in [0, 0.05) is 48.5 Å². The van der Waals surface area contributed by atoms with Gasteiger partial charge in [-0.1, -0.05) is 37.8 Å². The van der Waals surface area contributed by atoms with Crippen LogP contribution in [0.15, 0.2) is 48.7 Å². The lowest BCUT2D eigenvalue weighted by Crippen LogP contribution is -2.49. The molecular weight excluding hydrogens is 462 g/mol. The Kier molecular flexibility index (Phi) is 7.70. The minimum atomic E-state index is -0.569. The fourth-order valence-corrected chi connectivity index (χ4v) is 5.86. The monoisotopic (exact) mass is 499 g/mol. The summed E-state index contributed by atoms with van der Waals surface area (Å²) in [4.78, 5) is 31.5. The van der Waals surface area contributed by atoms with Crippen LogP contribution in [0, 0.1) is 19.8 Å². The third-order valence-electron chi connectivity index (χ3n) is 7.85. The third-order valence-corrected chi connectivity index (χ3v) is 7.85. The molecule has 1 aromatic carbocycles.